The Kier molecular flexibility index (Phi) is 3.76. The highest BCUT2D eigenvalue weighted by molar-refractivity contribution is 5.30. The Hall–Kier alpha value is -1.78. The Balaban J connectivity index is 1.71. The normalized spacial score (nSPS) is 16.5. The zero-order valence-corrected chi connectivity index (χ0v) is 12.3. The monoisotopic (exact) mass is 273 g/mol. The fourth-order valence-corrected chi connectivity index (χ4v) is 2.99. The molecule has 1 aliphatic carbocycles. The lowest BCUT2D eigenvalue weighted by Gasteiger charge is -2.23. The van der Waals surface area contributed by atoms with Crippen LogP contribution in [0.4, 0.5) is 5.95 Å². The average molecular weight is 273 g/mol. The van der Waals surface area contributed by atoms with Crippen molar-refractivity contribution in [3.8, 4) is 0 Å². The summed E-state index contributed by atoms with van der Waals surface area (Å²) in [6.07, 6.45) is 12.6. The number of rotatable bonds is 4. The molecule has 3 rings (SSSR count). The van der Waals surface area contributed by atoms with Crippen LogP contribution < -0.4 is 5.32 Å². The summed E-state index contributed by atoms with van der Waals surface area (Å²) in [6, 6.07) is 0.583. The van der Waals surface area contributed by atoms with E-state index >= 15 is 0 Å². The zero-order chi connectivity index (χ0) is 13.9. The molecule has 5 heteroatoms. The second-order valence-electron chi connectivity index (χ2n) is 5.77. The summed E-state index contributed by atoms with van der Waals surface area (Å²) < 4.78 is 4.05. The quantitative estimate of drug-likeness (QED) is 0.931. The molecular weight excluding hydrogens is 250 g/mol. The maximum absolute atomic E-state index is 4.47. The minimum absolute atomic E-state index is 0.583. The van der Waals surface area contributed by atoms with Crippen LogP contribution in [0.1, 0.15) is 43.4 Å². The standard InChI is InChI=1S/C15H23N5/c1-12-13(10-19(2)18-12)11-20-9-8-16-15(20)17-14-6-4-3-5-7-14/h8-10,14H,3-7,11H2,1-2H3,(H,16,17). The molecule has 1 N–H and O–H groups in total. The highest BCUT2D eigenvalue weighted by atomic mass is 15.3. The van der Waals surface area contributed by atoms with Crippen LogP contribution in [0.2, 0.25) is 0 Å². The molecule has 2 aromatic heterocycles. The van der Waals surface area contributed by atoms with Gasteiger partial charge < -0.3 is 9.88 Å². The molecule has 0 aliphatic heterocycles. The second-order valence-corrected chi connectivity index (χ2v) is 5.77. The van der Waals surface area contributed by atoms with Crippen molar-refractivity contribution in [3.63, 3.8) is 0 Å². The van der Waals surface area contributed by atoms with Crippen molar-refractivity contribution in [2.45, 2.75) is 51.6 Å². The predicted octanol–water partition coefficient (Wildman–Crippen LogP) is 2.72. The van der Waals surface area contributed by atoms with Gasteiger partial charge in [0.2, 0.25) is 5.95 Å². The lowest BCUT2D eigenvalue weighted by molar-refractivity contribution is 0.459. The molecule has 0 aromatic carbocycles. The van der Waals surface area contributed by atoms with Crippen molar-refractivity contribution in [1.29, 1.82) is 0 Å². The largest absolute Gasteiger partial charge is 0.353 e. The fourth-order valence-electron chi connectivity index (χ4n) is 2.99. The third-order valence-corrected chi connectivity index (χ3v) is 4.11. The molecule has 2 aromatic rings. The summed E-state index contributed by atoms with van der Waals surface area (Å²) in [6.45, 7) is 2.88. The number of aromatic nitrogens is 4. The molecule has 0 bridgehead atoms. The van der Waals surface area contributed by atoms with E-state index in [-0.39, 0.29) is 0 Å². The van der Waals surface area contributed by atoms with Crippen LogP contribution in [0.3, 0.4) is 0 Å². The summed E-state index contributed by atoms with van der Waals surface area (Å²) in [7, 11) is 1.96. The maximum Gasteiger partial charge on any atom is 0.203 e. The Bertz CT molecular complexity index is 563. The van der Waals surface area contributed by atoms with Crippen LogP contribution in [-0.4, -0.2) is 25.4 Å². The minimum Gasteiger partial charge on any atom is -0.353 e. The van der Waals surface area contributed by atoms with Crippen LogP contribution in [0.15, 0.2) is 18.6 Å². The number of nitrogens with zero attached hydrogens (tertiary/aromatic N) is 4. The Labute approximate surface area is 120 Å². The molecule has 0 spiro atoms. The molecule has 5 nitrogen and oxygen atoms in total. The van der Waals surface area contributed by atoms with Gasteiger partial charge in [-0.25, -0.2) is 4.98 Å². The highest BCUT2D eigenvalue weighted by Crippen LogP contribution is 2.21. The van der Waals surface area contributed by atoms with Crippen LogP contribution >= 0.6 is 0 Å². The lowest BCUT2D eigenvalue weighted by Crippen LogP contribution is -2.24. The first kappa shape index (κ1) is 13.2. The van der Waals surface area contributed by atoms with Gasteiger partial charge in [-0.1, -0.05) is 19.3 Å². The van der Waals surface area contributed by atoms with E-state index in [9.17, 15) is 0 Å². The first-order valence-corrected chi connectivity index (χ1v) is 7.49. The van der Waals surface area contributed by atoms with Gasteiger partial charge in [0.25, 0.3) is 0 Å². The topological polar surface area (TPSA) is 47.7 Å². The molecule has 20 heavy (non-hydrogen) atoms. The molecule has 0 radical (unpaired) electrons. The van der Waals surface area contributed by atoms with E-state index in [1.807, 2.05) is 24.1 Å². The van der Waals surface area contributed by atoms with Gasteiger partial charge in [-0.2, -0.15) is 5.10 Å². The number of nitrogens with one attached hydrogen (secondary N) is 1. The molecule has 0 amide bonds. The van der Waals surface area contributed by atoms with Crippen LogP contribution in [0, 0.1) is 6.92 Å². The molecule has 1 aliphatic rings. The van der Waals surface area contributed by atoms with E-state index in [0.29, 0.717) is 6.04 Å². The maximum atomic E-state index is 4.47. The fraction of sp³-hybridized carbons (Fsp3) is 0.600. The molecule has 108 valence electrons. The molecule has 0 atom stereocenters. The number of hydrogen-bond donors (Lipinski definition) is 1. The van der Waals surface area contributed by atoms with E-state index in [2.05, 4.69) is 33.1 Å². The number of hydrogen-bond acceptors (Lipinski definition) is 3. The third kappa shape index (κ3) is 2.86. The van der Waals surface area contributed by atoms with E-state index in [1.165, 1.54) is 37.7 Å². The molecule has 2 heterocycles. The van der Waals surface area contributed by atoms with Crippen molar-refractivity contribution in [2.75, 3.05) is 5.32 Å². The van der Waals surface area contributed by atoms with Gasteiger partial charge in [0.15, 0.2) is 0 Å². The number of imidazole rings is 1. The zero-order valence-electron chi connectivity index (χ0n) is 12.3. The van der Waals surface area contributed by atoms with Crippen LogP contribution in [0.5, 0.6) is 0 Å². The van der Waals surface area contributed by atoms with Crippen LogP contribution in [0.25, 0.3) is 0 Å². The van der Waals surface area contributed by atoms with Gasteiger partial charge in [0.1, 0.15) is 0 Å². The van der Waals surface area contributed by atoms with Gasteiger partial charge in [-0.15, -0.1) is 0 Å². The van der Waals surface area contributed by atoms with Gasteiger partial charge in [0, 0.05) is 37.2 Å². The minimum atomic E-state index is 0.583. The van der Waals surface area contributed by atoms with Gasteiger partial charge in [0.05, 0.1) is 12.2 Å². The SMILES string of the molecule is Cc1nn(C)cc1Cn1ccnc1NC1CCCCC1. The summed E-state index contributed by atoms with van der Waals surface area (Å²) in [5.74, 6) is 0.986. The molecule has 1 fully saturated rings. The highest BCUT2D eigenvalue weighted by Gasteiger charge is 2.15. The summed E-state index contributed by atoms with van der Waals surface area (Å²) in [4.78, 5) is 4.47. The van der Waals surface area contributed by atoms with Gasteiger partial charge in [-0.05, 0) is 19.8 Å². The van der Waals surface area contributed by atoms with E-state index in [0.717, 1.165) is 18.2 Å². The van der Waals surface area contributed by atoms with Gasteiger partial charge in [-0.3, -0.25) is 4.68 Å². The second kappa shape index (κ2) is 5.69. The third-order valence-electron chi connectivity index (χ3n) is 4.11. The first-order chi connectivity index (χ1) is 9.72. The van der Waals surface area contributed by atoms with E-state index in [1.54, 1.807) is 0 Å². The van der Waals surface area contributed by atoms with Crippen molar-refractivity contribution in [3.05, 3.63) is 29.8 Å². The lowest BCUT2D eigenvalue weighted by atomic mass is 9.96. The Morgan fingerprint density at radius 1 is 1.30 bits per heavy atom. The van der Waals surface area contributed by atoms with Crippen molar-refractivity contribution in [1.82, 2.24) is 19.3 Å². The first-order valence-electron chi connectivity index (χ1n) is 7.49. The molecule has 0 saturated heterocycles. The summed E-state index contributed by atoms with van der Waals surface area (Å²) >= 11 is 0. The van der Waals surface area contributed by atoms with Crippen molar-refractivity contribution < 1.29 is 0 Å². The summed E-state index contributed by atoms with van der Waals surface area (Å²) in [5.41, 5.74) is 2.34. The Morgan fingerprint density at radius 3 is 2.80 bits per heavy atom. The van der Waals surface area contributed by atoms with Gasteiger partial charge >= 0.3 is 0 Å². The average Bonchev–Trinajstić information content (AvgIpc) is 2.99. The van der Waals surface area contributed by atoms with E-state index in [4.69, 9.17) is 0 Å². The van der Waals surface area contributed by atoms with Crippen molar-refractivity contribution >= 4 is 5.95 Å². The van der Waals surface area contributed by atoms with Crippen LogP contribution in [-0.2, 0) is 13.6 Å². The number of anilines is 1. The smallest absolute Gasteiger partial charge is 0.203 e. The molecular formula is C15H23N5. The molecule has 1 saturated carbocycles. The summed E-state index contributed by atoms with van der Waals surface area (Å²) in [5, 5.41) is 8.00. The van der Waals surface area contributed by atoms with E-state index < -0.39 is 0 Å². The predicted molar refractivity (Wildman–Crippen MR) is 79.8 cm³/mol. The Morgan fingerprint density at radius 2 is 2.10 bits per heavy atom. The van der Waals surface area contributed by atoms with Crippen molar-refractivity contribution in [2.24, 2.45) is 7.05 Å². The molecule has 0 unspecified atom stereocenters. The number of aryl methyl sites for hydroxylation is 2.